The van der Waals surface area contributed by atoms with E-state index < -0.39 is 0 Å². The summed E-state index contributed by atoms with van der Waals surface area (Å²) in [6.45, 7) is 0.543. The molecule has 0 saturated carbocycles. The van der Waals surface area contributed by atoms with Gasteiger partial charge >= 0.3 is 0 Å². The van der Waals surface area contributed by atoms with Gasteiger partial charge in [-0.25, -0.2) is 0 Å². The van der Waals surface area contributed by atoms with E-state index in [0.717, 1.165) is 17.7 Å². The first kappa shape index (κ1) is 13.9. The van der Waals surface area contributed by atoms with E-state index in [4.69, 9.17) is 0 Å². The maximum Gasteiger partial charge on any atom is 0.273 e. The molecule has 6 nitrogen and oxygen atoms in total. The first-order chi connectivity index (χ1) is 10.8. The predicted molar refractivity (Wildman–Crippen MR) is 81.6 cm³/mol. The molecule has 0 aliphatic carbocycles. The molecule has 1 aromatic carbocycles. The number of nitrogens with zero attached hydrogens (tertiary/aromatic N) is 4. The van der Waals surface area contributed by atoms with Gasteiger partial charge in [0.25, 0.3) is 5.91 Å². The number of para-hydroxylation sites is 1. The summed E-state index contributed by atoms with van der Waals surface area (Å²) < 4.78 is 0. The standard InChI is InChI=1S/C16H15N5O/c22-16(18-11-8-13-6-9-17-10-7-13)15-12-19-21(20-15)14-4-2-1-3-5-14/h1-7,9-10,12H,8,11H2,(H,18,22). The van der Waals surface area contributed by atoms with Crippen molar-refractivity contribution in [1.29, 1.82) is 0 Å². The summed E-state index contributed by atoms with van der Waals surface area (Å²) in [6, 6.07) is 13.3. The smallest absolute Gasteiger partial charge is 0.273 e. The van der Waals surface area contributed by atoms with Gasteiger partial charge in [-0.2, -0.15) is 9.90 Å². The summed E-state index contributed by atoms with van der Waals surface area (Å²) in [7, 11) is 0. The van der Waals surface area contributed by atoms with Crippen LogP contribution in [0.5, 0.6) is 0 Å². The highest BCUT2D eigenvalue weighted by atomic mass is 16.2. The Balaban J connectivity index is 1.58. The molecule has 3 aromatic rings. The number of carbonyl (C=O) groups excluding carboxylic acids is 1. The molecule has 2 aromatic heterocycles. The number of hydrogen-bond donors (Lipinski definition) is 1. The molecule has 0 unspecified atom stereocenters. The van der Waals surface area contributed by atoms with Crippen molar-refractivity contribution in [2.75, 3.05) is 6.54 Å². The molecule has 0 fully saturated rings. The summed E-state index contributed by atoms with van der Waals surface area (Å²) in [5.74, 6) is -0.226. The quantitative estimate of drug-likeness (QED) is 0.776. The molecule has 0 saturated heterocycles. The van der Waals surface area contributed by atoms with Crippen LogP contribution >= 0.6 is 0 Å². The van der Waals surface area contributed by atoms with Crippen LogP contribution in [-0.2, 0) is 6.42 Å². The van der Waals surface area contributed by atoms with E-state index in [1.807, 2.05) is 42.5 Å². The second-order valence-electron chi connectivity index (χ2n) is 4.72. The van der Waals surface area contributed by atoms with Gasteiger partial charge in [0, 0.05) is 18.9 Å². The normalized spacial score (nSPS) is 10.4. The highest BCUT2D eigenvalue weighted by Crippen LogP contribution is 2.04. The van der Waals surface area contributed by atoms with E-state index in [0.29, 0.717) is 12.2 Å². The van der Waals surface area contributed by atoms with Crippen molar-refractivity contribution in [3.8, 4) is 5.69 Å². The summed E-state index contributed by atoms with van der Waals surface area (Å²) in [5, 5.41) is 11.1. The zero-order valence-electron chi connectivity index (χ0n) is 11.9. The van der Waals surface area contributed by atoms with Crippen molar-refractivity contribution < 1.29 is 4.79 Å². The second-order valence-corrected chi connectivity index (χ2v) is 4.72. The van der Waals surface area contributed by atoms with Gasteiger partial charge in [-0.15, -0.1) is 5.10 Å². The van der Waals surface area contributed by atoms with Crippen molar-refractivity contribution in [3.63, 3.8) is 0 Å². The van der Waals surface area contributed by atoms with Crippen LogP contribution in [-0.4, -0.2) is 32.4 Å². The Kier molecular flexibility index (Phi) is 4.20. The number of aromatic nitrogens is 4. The summed E-state index contributed by atoms with van der Waals surface area (Å²) in [5.41, 5.74) is 2.25. The van der Waals surface area contributed by atoms with Crippen LogP contribution in [0.2, 0.25) is 0 Å². The van der Waals surface area contributed by atoms with Gasteiger partial charge < -0.3 is 5.32 Å². The third kappa shape index (κ3) is 3.35. The number of hydrogen-bond acceptors (Lipinski definition) is 4. The van der Waals surface area contributed by atoms with Crippen LogP contribution in [0.3, 0.4) is 0 Å². The lowest BCUT2D eigenvalue weighted by Gasteiger charge is -2.03. The molecule has 3 rings (SSSR count). The number of benzene rings is 1. The van der Waals surface area contributed by atoms with E-state index >= 15 is 0 Å². The lowest BCUT2D eigenvalue weighted by Crippen LogP contribution is -2.26. The van der Waals surface area contributed by atoms with Gasteiger partial charge in [-0.05, 0) is 36.2 Å². The zero-order chi connectivity index (χ0) is 15.2. The Labute approximate surface area is 127 Å². The average molecular weight is 293 g/mol. The fraction of sp³-hybridized carbons (Fsp3) is 0.125. The van der Waals surface area contributed by atoms with Crippen LogP contribution in [0, 0.1) is 0 Å². The van der Waals surface area contributed by atoms with Gasteiger partial charge in [0.2, 0.25) is 0 Å². The molecule has 2 heterocycles. The lowest BCUT2D eigenvalue weighted by molar-refractivity contribution is 0.0948. The summed E-state index contributed by atoms with van der Waals surface area (Å²) in [6.07, 6.45) is 5.70. The fourth-order valence-corrected chi connectivity index (χ4v) is 2.01. The van der Waals surface area contributed by atoms with Gasteiger partial charge in [0.05, 0.1) is 11.9 Å². The number of nitrogens with one attached hydrogen (secondary N) is 1. The molecule has 0 bridgehead atoms. The molecule has 6 heteroatoms. The minimum absolute atomic E-state index is 0.226. The Morgan fingerprint density at radius 2 is 1.86 bits per heavy atom. The lowest BCUT2D eigenvalue weighted by atomic mass is 10.2. The molecule has 110 valence electrons. The first-order valence-corrected chi connectivity index (χ1v) is 6.98. The average Bonchev–Trinajstić information content (AvgIpc) is 3.07. The number of pyridine rings is 1. The molecule has 22 heavy (non-hydrogen) atoms. The highest BCUT2D eigenvalue weighted by molar-refractivity contribution is 5.91. The van der Waals surface area contributed by atoms with E-state index in [1.54, 1.807) is 12.4 Å². The molecule has 0 aliphatic heterocycles. The monoisotopic (exact) mass is 293 g/mol. The topological polar surface area (TPSA) is 72.7 Å². The van der Waals surface area contributed by atoms with Gasteiger partial charge in [-0.1, -0.05) is 18.2 Å². The Hall–Kier alpha value is -3.02. The summed E-state index contributed by atoms with van der Waals surface area (Å²) >= 11 is 0. The van der Waals surface area contributed by atoms with E-state index in [1.165, 1.54) is 11.0 Å². The third-order valence-electron chi connectivity index (χ3n) is 3.16. The van der Waals surface area contributed by atoms with Crippen molar-refractivity contribution in [1.82, 2.24) is 25.3 Å². The Morgan fingerprint density at radius 3 is 2.64 bits per heavy atom. The molecule has 1 amide bonds. The van der Waals surface area contributed by atoms with Crippen molar-refractivity contribution >= 4 is 5.91 Å². The van der Waals surface area contributed by atoms with Gasteiger partial charge in [-0.3, -0.25) is 9.78 Å². The molecule has 0 aliphatic rings. The molecule has 0 atom stereocenters. The third-order valence-corrected chi connectivity index (χ3v) is 3.16. The minimum atomic E-state index is -0.226. The first-order valence-electron chi connectivity index (χ1n) is 6.98. The highest BCUT2D eigenvalue weighted by Gasteiger charge is 2.10. The largest absolute Gasteiger partial charge is 0.350 e. The predicted octanol–water partition coefficient (Wildman–Crippen LogP) is 1.63. The van der Waals surface area contributed by atoms with Crippen LogP contribution in [0.25, 0.3) is 5.69 Å². The zero-order valence-corrected chi connectivity index (χ0v) is 11.9. The molecular weight excluding hydrogens is 278 g/mol. The Morgan fingerprint density at radius 1 is 1.09 bits per heavy atom. The van der Waals surface area contributed by atoms with Crippen molar-refractivity contribution in [2.45, 2.75) is 6.42 Å². The van der Waals surface area contributed by atoms with Gasteiger partial charge in [0.15, 0.2) is 5.69 Å². The maximum absolute atomic E-state index is 12.0. The number of rotatable bonds is 5. The fourth-order valence-electron chi connectivity index (χ4n) is 2.01. The van der Waals surface area contributed by atoms with Crippen molar-refractivity contribution in [2.24, 2.45) is 0 Å². The van der Waals surface area contributed by atoms with Crippen LogP contribution in [0.4, 0.5) is 0 Å². The number of amides is 1. The van der Waals surface area contributed by atoms with E-state index in [9.17, 15) is 4.79 Å². The van der Waals surface area contributed by atoms with Crippen LogP contribution < -0.4 is 5.32 Å². The van der Waals surface area contributed by atoms with Crippen LogP contribution in [0.1, 0.15) is 16.1 Å². The molecule has 0 radical (unpaired) electrons. The maximum atomic E-state index is 12.0. The molecule has 1 N–H and O–H groups in total. The number of carbonyl (C=O) groups is 1. The summed E-state index contributed by atoms with van der Waals surface area (Å²) in [4.78, 5) is 17.4. The minimum Gasteiger partial charge on any atom is -0.350 e. The second kappa shape index (κ2) is 6.62. The van der Waals surface area contributed by atoms with Crippen molar-refractivity contribution in [3.05, 3.63) is 72.3 Å². The SMILES string of the molecule is O=C(NCCc1ccncc1)c1cnn(-c2ccccc2)n1. The van der Waals surface area contributed by atoms with Gasteiger partial charge in [0.1, 0.15) is 0 Å². The van der Waals surface area contributed by atoms with E-state index in [-0.39, 0.29) is 5.91 Å². The van der Waals surface area contributed by atoms with E-state index in [2.05, 4.69) is 20.5 Å². The molecule has 0 spiro atoms. The Bertz CT molecular complexity index is 739. The van der Waals surface area contributed by atoms with Crippen LogP contribution in [0.15, 0.2) is 61.1 Å². The molecular formula is C16H15N5O.